The maximum atomic E-state index is 11.6. The van der Waals surface area contributed by atoms with Gasteiger partial charge < -0.3 is 9.84 Å². The molecular formula is C14H22N2O3. The molecule has 1 saturated carbocycles. The number of aromatic nitrogens is 2. The van der Waals surface area contributed by atoms with Crippen molar-refractivity contribution >= 4 is 5.97 Å². The van der Waals surface area contributed by atoms with Crippen LogP contribution in [0.25, 0.3) is 0 Å². The lowest BCUT2D eigenvalue weighted by atomic mass is 9.79. The van der Waals surface area contributed by atoms with Crippen molar-refractivity contribution in [3.8, 4) is 0 Å². The molecule has 106 valence electrons. The quantitative estimate of drug-likeness (QED) is 0.842. The van der Waals surface area contributed by atoms with Crippen molar-refractivity contribution in [3.05, 3.63) is 18.0 Å². The van der Waals surface area contributed by atoms with E-state index in [-0.39, 0.29) is 11.9 Å². The highest BCUT2D eigenvalue weighted by Gasteiger charge is 2.36. The number of nitrogens with zero attached hydrogens (tertiary/aromatic N) is 2. The molecule has 5 heteroatoms. The fourth-order valence-electron chi connectivity index (χ4n) is 2.66. The zero-order valence-corrected chi connectivity index (χ0v) is 11.6. The van der Waals surface area contributed by atoms with Gasteiger partial charge in [-0.3, -0.25) is 9.48 Å². The van der Waals surface area contributed by atoms with Crippen LogP contribution < -0.4 is 0 Å². The summed E-state index contributed by atoms with van der Waals surface area (Å²) in [4.78, 5) is 11.6. The molecule has 0 saturated heterocycles. The molecule has 19 heavy (non-hydrogen) atoms. The molecule has 5 nitrogen and oxygen atoms in total. The average Bonchev–Trinajstić information content (AvgIpc) is 2.75. The minimum atomic E-state index is -0.749. The van der Waals surface area contributed by atoms with Crippen LogP contribution in [0.2, 0.25) is 0 Å². The van der Waals surface area contributed by atoms with E-state index in [4.69, 9.17) is 4.74 Å². The minimum Gasteiger partial charge on any atom is -0.466 e. The number of carbonyl (C=O) groups is 1. The van der Waals surface area contributed by atoms with Gasteiger partial charge in [-0.2, -0.15) is 5.10 Å². The highest BCUT2D eigenvalue weighted by molar-refractivity contribution is 5.72. The van der Waals surface area contributed by atoms with Crippen LogP contribution in [0.4, 0.5) is 0 Å². The first-order valence-corrected chi connectivity index (χ1v) is 6.90. The van der Waals surface area contributed by atoms with Crippen molar-refractivity contribution in [1.82, 2.24) is 9.78 Å². The van der Waals surface area contributed by atoms with E-state index in [0.29, 0.717) is 38.8 Å². The van der Waals surface area contributed by atoms with Crippen LogP contribution in [0.1, 0.15) is 38.2 Å². The molecule has 0 aromatic carbocycles. The summed E-state index contributed by atoms with van der Waals surface area (Å²) in [6.07, 6.45) is 6.33. The second-order valence-electron chi connectivity index (χ2n) is 5.47. The van der Waals surface area contributed by atoms with E-state index in [1.807, 2.05) is 20.0 Å². The Morgan fingerprint density at radius 2 is 2.26 bits per heavy atom. The normalized spacial score (nSPS) is 27.2. The van der Waals surface area contributed by atoms with Gasteiger partial charge in [0.1, 0.15) is 0 Å². The predicted molar refractivity (Wildman–Crippen MR) is 70.5 cm³/mol. The summed E-state index contributed by atoms with van der Waals surface area (Å²) in [5.41, 5.74) is 0.338. The third kappa shape index (κ3) is 3.56. The predicted octanol–water partition coefficient (Wildman–Crippen LogP) is 1.68. The Hall–Kier alpha value is -1.36. The third-order valence-corrected chi connectivity index (χ3v) is 3.75. The highest BCUT2D eigenvalue weighted by atomic mass is 16.5. The Labute approximate surface area is 113 Å². The first-order chi connectivity index (χ1) is 9.02. The highest BCUT2D eigenvalue weighted by Crippen LogP contribution is 2.33. The number of ether oxygens (including phenoxy) is 1. The average molecular weight is 266 g/mol. The van der Waals surface area contributed by atoms with Crippen LogP contribution in [0.5, 0.6) is 0 Å². The van der Waals surface area contributed by atoms with Gasteiger partial charge in [0.15, 0.2) is 0 Å². The molecule has 0 spiro atoms. The van der Waals surface area contributed by atoms with Crippen LogP contribution >= 0.6 is 0 Å². The summed E-state index contributed by atoms with van der Waals surface area (Å²) >= 11 is 0. The van der Waals surface area contributed by atoms with E-state index in [0.717, 1.165) is 5.56 Å². The van der Waals surface area contributed by atoms with Gasteiger partial charge in [0.05, 0.1) is 30.9 Å². The molecule has 1 N–H and O–H groups in total. The molecule has 0 radical (unpaired) electrons. The molecule has 0 aliphatic heterocycles. The summed E-state index contributed by atoms with van der Waals surface area (Å²) < 4.78 is 6.81. The second-order valence-corrected chi connectivity index (χ2v) is 5.47. The van der Waals surface area contributed by atoms with Gasteiger partial charge in [0.25, 0.3) is 0 Å². The Morgan fingerprint density at radius 3 is 2.79 bits per heavy atom. The Kier molecular flexibility index (Phi) is 4.24. The van der Waals surface area contributed by atoms with E-state index < -0.39 is 5.60 Å². The third-order valence-electron chi connectivity index (χ3n) is 3.75. The van der Waals surface area contributed by atoms with E-state index in [1.54, 1.807) is 10.9 Å². The van der Waals surface area contributed by atoms with Crippen LogP contribution in [-0.4, -0.2) is 33.1 Å². The molecule has 1 aromatic rings. The molecule has 1 aliphatic carbocycles. The van der Waals surface area contributed by atoms with Crippen LogP contribution in [-0.2, 0) is 16.1 Å². The molecule has 0 unspecified atom stereocenters. The monoisotopic (exact) mass is 266 g/mol. The maximum absolute atomic E-state index is 11.6. The Morgan fingerprint density at radius 1 is 1.58 bits per heavy atom. The SMILES string of the molecule is CCOC(=O)C1CCC(O)(Cn2cc(C)cn2)CC1. The molecule has 1 aromatic heterocycles. The molecule has 1 heterocycles. The minimum absolute atomic E-state index is 0.0559. The van der Waals surface area contributed by atoms with Crippen molar-refractivity contribution < 1.29 is 14.6 Å². The van der Waals surface area contributed by atoms with Crippen LogP contribution in [0.3, 0.4) is 0 Å². The number of carbonyl (C=O) groups excluding carboxylic acids is 1. The number of esters is 1. The standard InChI is InChI=1S/C14H22N2O3/c1-3-19-13(17)12-4-6-14(18,7-5-12)10-16-9-11(2)8-15-16/h8-9,12,18H,3-7,10H2,1-2H3. The van der Waals surface area contributed by atoms with Gasteiger partial charge in [-0.05, 0) is 45.1 Å². The van der Waals surface area contributed by atoms with Crippen molar-refractivity contribution in [3.63, 3.8) is 0 Å². The number of aryl methyl sites for hydroxylation is 1. The first-order valence-electron chi connectivity index (χ1n) is 6.90. The maximum Gasteiger partial charge on any atom is 0.308 e. The van der Waals surface area contributed by atoms with Gasteiger partial charge in [-0.1, -0.05) is 0 Å². The van der Waals surface area contributed by atoms with E-state index in [1.165, 1.54) is 0 Å². The van der Waals surface area contributed by atoms with Gasteiger partial charge in [-0.15, -0.1) is 0 Å². The van der Waals surface area contributed by atoms with E-state index in [2.05, 4.69) is 5.10 Å². The van der Waals surface area contributed by atoms with Gasteiger partial charge in [0, 0.05) is 6.20 Å². The molecule has 0 bridgehead atoms. The van der Waals surface area contributed by atoms with Gasteiger partial charge in [-0.25, -0.2) is 0 Å². The lowest BCUT2D eigenvalue weighted by Gasteiger charge is -2.35. The number of hydrogen-bond acceptors (Lipinski definition) is 4. The largest absolute Gasteiger partial charge is 0.466 e. The fourth-order valence-corrected chi connectivity index (χ4v) is 2.66. The van der Waals surface area contributed by atoms with Crippen molar-refractivity contribution in [2.45, 2.75) is 51.7 Å². The van der Waals surface area contributed by atoms with Crippen LogP contribution in [0, 0.1) is 12.8 Å². The molecule has 0 amide bonds. The Bertz CT molecular complexity index is 434. The molecular weight excluding hydrogens is 244 g/mol. The summed E-state index contributed by atoms with van der Waals surface area (Å²) in [6.45, 7) is 4.71. The lowest BCUT2D eigenvalue weighted by molar-refractivity contribution is -0.151. The second kappa shape index (κ2) is 5.74. The zero-order valence-electron chi connectivity index (χ0n) is 11.6. The first kappa shape index (κ1) is 14.1. The number of hydrogen-bond donors (Lipinski definition) is 1. The summed E-state index contributed by atoms with van der Waals surface area (Å²) in [6, 6.07) is 0. The summed E-state index contributed by atoms with van der Waals surface area (Å²) in [7, 11) is 0. The molecule has 1 aliphatic rings. The zero-order chi connectivity index (χ0) is 13.9. The smallest absolute Gasteiger partial charge is 0.308 e. The lowest BCUT2D eigenvalue weighted by Crippen LogP contribution is -2.40. The fraction of sp³-hybridized carbons (Fsp3) is 0.714. The van der Waals surface area contributed by atoms with Crippen molar-refractivity contribution in [2.75, 3.05) is 6.61 Å². The van der Waals surface area contributed by atoms with Crippen molar-refractivity contribution in [1.29, 1.82) is 0 Å². The van der Waals surface area contributed by atoms with Gasteiger partial charge in [0.2, 0.25) is 0 Å². The van der Waals surface area contributed by atoms with E-state index >= 15 is 0 Å². The Balaban J connectivity index is 1.89. The summed E-state index contributed by atoms with van der Waals surface area (Å²) in [5.74, 6) is -0.181. The number of rotatable bonds is 4. The topological polar surface area (TPSA) is 64.3 Å². The van der Waals surface area contributed by atoms with E-state index in [9.17, 15) is 9.90 Å². The molecule has 1 fully saturated rings. The van der Waals surface area contributed by atoms with Crippen molar-refractivity contribution in [2.24, 2.45) is 5.92 Å². The molecule has 0 atom stereocenters. The number of aliphatic hydroxyl groups is 1. The van der Waals surface area contributed by atoms with Gasteiger partial charge >= 0.3 is 5.97 Å². The summed E-state index contributed by atoms with van der Waals surface area (Å²) in [5, 5.41) is 14.8. The molecule has 2 rings (SSSR count). The van der Waals surface area contributed by atoms with Crippen LogP contribution in [0.15, 0.2) is 12.4 Å².